The van der Waals surface area contributed by atoms with Crippen molar-refractivity contribution in [1.29, 1.82) is 0 Å². The smallest absolute Gasteiger partial charge is 0.325 e. The van der Waals surface area contributed by atoms with E-state index in [1.165, 1.54) is 6.33 Å². The normalized spacial score (nSPS) is 18.9. The monoisotopic (exact) mass is 350 g/mol. The summed E-state index contributed by atoms with van der Waals surface area (Å²) in [7, 11) is 0. The molecule has 0 spiro atoms. The van der Waals surface area contributed by atoms with E-state index in [-0.39, 0.29) is 5.52 Å². The first kappa shape index (κ1) is 16.1. The number of alkyl halides is 3. The van der Waals surface area contributed by atoms with Crippen LogP contribution in [0.1, 0.15) is 24.3 Å². The molecule has 0 aliphatic carbocycles. The molecule has 1 aliphatic rings. The first-order valence-electron chi connectivity index (χ1n) is 8.21. The van der Waals surface area contributed by atoms with Gasteiger partial charge in [0.05, 0.1) is 11.8 Å². The number of benzene rings is 1. The number of nitrogens with zero attached hydrogens (tertiary/aromatic N) is 2. The van der Waals surface area contributed by atoms with Crippen molar-refractivity contribution in [3.63, 3.8) is 0 Å². The van der Waals surface area contributed by atoms with Gasteiger partial charge in [0.1, 0.15) is 17.6 Å². The zero-order valence-electron chi connectivity index (χ0n) is 13.4. The van der Waals surface area contributed by atoms with Crippen molar-refractivity contribution < 1.29 is 13.2 Å². The van der Waals surface area contributed by atoms with Gasteiger partial charge in [-0.3, -0.25) is 4.79 Å². The van der Waals surface area contributed by atoms with Crippen molar-refractivity contribution in [3.05, 3.63) is 40.4 Å². The van der Waals surface area contributed by atoms with Crippen molar-refractivity contribution in [1.82, 2.24) is 19.9 Å². The maximum absolute atomic E-state index is 13.0. The number of hydrogen-bond acceptors (Lipinski definition) is 3. The predicted molar refractivity (Wildman–Crippen MR) is 88.8 cm³/mol. The van der Waals surface area contributed by atoms with Crippen LogP contribution in [0.2, 0.25) is 0 Å². The number of H-pyrrole nitrogens is 1. The summed E-state index contributed by atoms with van der Waals surface area (Å²) in [5.74, 6) is 0.321. The highest BCUT2D eigenvalue weighted by Gasteiger charge is 2.31. The Morgan fingerprint density at radius 1 is 1.32 bits per heavy atom. The average Bonchev–Trinajstić information content (AvgIpc) is 2.89. The highest BCUT2D eigenvalue weighted by molar-refractivity contribution is 6.05. The topological polar surface area (TPSA) is 62.7 Å². The van der Waals surface area contributed by atoms with Gasteiger partial charge in [-0.2, -0.15) is 13.2 Å². The number of fused-ring (bicyclic) bond motifs is 3. The molecule has 0 radical (unpaired) electrons. The Labute approximate surface area is 140 Å². The van der Waals surface area contributed by atoms with E-state index >= 15 is 0 Å². The molecule has 5 nitrogen and oxygen atoms in total. The van der Waals surface area contributed by atoms with Crippen molar-refractivity contribution in [2.75, 3.05) is 13.1 Å². The van der Waals surface area contributed by atoms with E-state index in [0.29, 0.717) is 22.3 Å². The minimum Gasteiger partial charge on any atom is -0.325 e. The fourth-order valence-electron chi connectivity index (χ4n) is 3.67. The fourth-order valence-corrected chi connectivity index (χ4v) is 3.67. The van der Waals surface area contributed by atoms with E-state index in [1.54, 1.807) is 6.07 Å². The molecule has 2 aromatic heterocycles. The van der Waals surface area contributed by atoms with E-state index in [1.807, 2.05) is 12.1 Å². The van der Waals surface area contributed by atoms with Crippen LogP contribution in [-0.2, 0) is 6.54 Å². The molecule has 1 unspecified atom stereocenters. The molecule has 1 atom stereocenters. The third-order valence-electron chi connectivity index (χ3n) is 4.77. The molecule has 1 saturated heterocycles. The summed E-state index contributed by atoms with van der Waals surface area (Å²) in [5, 5.41) is 3.93. The lowest BCUT2D eigenvalue weighted by Crippen LogP contribution is -2.28. The predicted octanol–water partition coefficient (Wildman–Crippen LogP) is 2.91. The summed E-state index contributed by atoms with van der Waals surface area (Å²) >= 11 is 0. The van der Waals surface area contributed by atoms with E-state index in [2.05, 4.69) is 15.3 Å². The largest absolute Gasteiger partial charge is 0.406 e. The quantitative estimate of drug-likeness (QED) is 0.747. The van der Waals surface area contributed by atoms with Crippen LogP contribution < -0.4 is 10.9 Å². The second-order valence-electron chi connectivity index (χ2n) is 6.45. The van der Waals surface area contributed by atoms with Crippen LogP contribution in [0.15, 0.2) is 29.3 Å². The summed E-state index contributed by atoms with van der Waals surface area (Å²) in [6.45, 7) is 0.618. The Morgan fingerprint density at radius 3 is 2.88 bits per heavy atom. The molecule has 2 N–H and O–H groups in total. The molecular formula is C17H17F3N4O. The van der Waals surface area contributed by atoms with Crippen molar-refractivity contribution in [2.45, 2.75) is 31.5 Å². The lowest BCUT2D eigenvalue weighted by molar-refractivity contribution is -0.139. The summed E-state index contributed by atoms with van der Waals surface area (Å²) in [6, 6.07) is 5.42. The first-order chi connectivity index (χ1) is 11.9. The molecule has 4 rings (SSSR count). The Morgan fingerprint density at radius 2 is 2.16 bits per heavy atom. The molecule has 0 saturated carbocycles. The average molecular weight is 350 g/mol. The molecule has 25 heavy (non-hydrogen) atoms. The first-order valence-corrected chi connectivity index (χ1v) is 8.21. The lowest BCUT2D eigenvalue weighted by Gasteiger charge is -2.23. The lowest BCUT2D eigenvalue weighted by atomic mass is 9.91. The van der Waals surface area contributed by atoms with Crippen LogP contribution in [0.5, 0.6) is 0 Å². The summed E-state index contributed by atoms with van der Waals surface area (Å²) in [5.41, 5.74) is 1.16. The number of rotatable bonds is 2. The third-order valence-corrected chi connectivity index (χ3v) is 4.77. The second kappa shape index (κ2) is 5.87. The molecule has 1 fully saturated rings. The Balaban J connectivity index is 1.95. The van der Waals surface area contributed by atoms with Crippen molar-refractivity contribution in [3.8, 4) is 0 Å². The minimum atomic E-state index is -4.42. The van der Waals surface area contributed by atoms with Gasteiger partial charge >= 0.3 is 6.18 Å². The number of hydrogen-bond donors (Lipinski definition) is 2. The zero-order chi connectivity index (χ0) is 17.6. The molecule has 8 heteroatoms. The molecule has 132 valence electrons. The molecule has 3 heterocycles. The molecule has 0 bridgehead atoms. The zero-order valence-corrected chi connectivity index (χ0v) is 13.4. The van der Waals surface area contributed by atoms with Crippen LogP contribution in [0.4, 0.5) is 13.2 Å². The maximum atomic E-state index is 13.0. The number of piperidine rings is 1. The second-order valence-corrected chi connectivity index (χ2v) is 6.45. The van der Waals surface area contributed by atoms with Gasteiger partial charge in [0.15, 0.2) is 0 Å². The van der Waals surface area contributed by atoms with Gasteiger partial charge in [0.2, 0.25) is 0 Å². The summed E-state index contributed by atoms with van der Waals surface area (Å²) < 4.78 is 40.1. The fraction of sp³-hybridized carbons (Fsp3) is 0.412. The Hall–Kier alpha value is -2.35. The highest BCUT2D eigenvalue weighted by Crippen LogP contribution is 2.32. The standard InChI is InChI=1S/C17H17F3N4O/c18-17(19,20)8-24-13-4-3-10(11-2-1-5-21-7-11)6-12(13)14-15(24)16(25)23-9-22-14/h3-4,6,9,11,21H,1-2,5,7-8H2,(H,22,23,25). The molecule has 3 aromatic rings. The van der Waals surface area contributed by atoms with Crippen molar-refractivity contribution >= 4 is 21.9 Å². The number of aromatic nitrogens is 3. The Kier molecular flexibility index (Phi) is 3.79. The third kappa shape index (κ3) is 2.90. The van der Waals surface area contributed by atoms with Crippen molar-refractivity contribution in [2.24, 2.45) is 0 Å². The Bertz CT molecular complexity index is 983. The SMILES string of the molecule is O=c1[nH]cnc2c3cc(C4CCCNC4)ccc3n(CC(F)(F)F)c12. The number of nitrogens with one attached hydrogen (secondary N) is 2. The van der Waals surface area contributed by atoms with Gasteiger partial charge < -0.3 is 14.9 Å². The van der Waals surface area contributed by atoms with Crippen LogP contribution >= 0.6 is 0 Å². The molecular weight excluding hydrogens is 333 g/mol. The number of halogens is 3. The highest BCUT2D eigenvalue weighted by atomic mass is 19.4. The van der Waals surface area contributed by atoms with E-state index in [0.717, 1.165) is 36.1 Å². The van der Waals surface area contributed by atoms with Gasteiger partial charge in [-0.05, 0) is 43.0 Å². The van der Waals surface area contributed by atoms with Gasteiger partial charge in [-0.1, -0.05) is 6.07 Å². The van der Waals surface area contributed by atoms with Crippen LogP contribution in [0.3, 0.4) is 0 Å². The van der Waals surface area contributed by atoms with Gasteiger partial charge in [-0.25, -0.2) is 4.98 Å². The summed E-state index contributed by atoms with van der Waals surface area (Å²) in [6.07, 6.45) is -1.09. The van der Waals surface area contributed by atoms with E-state index in [4.69, 9.17) is 0 Å². The summed E-state index contributed by atoms with van der Waals surface area (Å²) in [4.78, 5) is 18.7. The maximum Gasteiger partial charge on any atom is 0.406 e. The molecule has 1 aromatic carbocycles. The van der Waals surface area contributed by atoms with Crippen LogP contribution in [0, 0.1) is 0 Å². The van der Waals surface area contributed by atoms with Crippen LogP contribution in [0.25, 0.3) is 21.9 Å². The minimum absolute atomic E-state index is 0.0336. The van der Waals surface area contributed by atoms with E-state index in [9.17, 15) is 18.0 Å². The van der Waals surface area contributed by atoms with E-state index < -0.39 is 18.3 Å². The molecule has 0 amide bonds. The van der Waals surface area contributed by atoms with Gasteiger partial charge in [0.25, 0.3) is 5.56 Å². The van der Waals surface area contributed by atoms with Crippen LogP contribution in [-0.4, -0.2) is 33.8 Å². The van der Waals surface area contributed by atoms with Gasteiger partial charge in [0, 0.05) is 11.9 Å². The number of aromatic amines is 1. The van der Waals surface area contributed by atoms with Gasteiger partial charge in [-0.15, -0.1) is 0 Å². The molecule has 1 aliphatic heterocycles.